The maximum absolute atomic E-state index is 13.3. The quantitative estimate of drug-likeness (QED) is 0.115. The molecule has 652 valence electrons. The van der Waals surface area contributed by atoms with Crippen molar-refractivity contribution < 1.29 is 22.6 Å². The molecule has 0 radical (unpaired) electrons. The van der Waals surface area contributed by atoms with E-state index in [-0.39, 0.29) is 0 Å². The van der Waals surface area contributed by atoms with Crippen molar-refractivity contribution in [2.24, 2.45) is 23.1 Å². The van der Waals surface area contributed by atoms with Crippen LogP contribution in [0.1, 0.15) is 283 Å². The molecule has 23 fully saturated rings. The number of likely N-dealkylation sites (tertiary alicyclic amines) is 3. The van der Waals surface area contributed by atoms with Crippen molar-refractivity contribution in [1.29, 1.82) is 0 Å². The van der Waals surface area contributed by atoms with Crippen molar-refractivity contribution in [2.45, 2.75) is 343 Å². The molecule has 19 aliphatic heterocycles. The number of hydrogen-bond acceptors (Lipinski definition) is 18. The zero-order valence-corrected chi connectivity index (χ0v) is 72.9. The van der Waals surface area contributed by atoms with E-state index in [1.807, 2.05) is 7.05 Å². The fraction of sp³-hybridized carbons (Fsp3) is 1.00. The van der Waals surface area contributed by atoms with Crippen LogP contribution in [0.2, 0.25) is 0 Å². The first-order valence-electron chi connectivity index (χ1n) is 47.1. The van der Waals surface area contributed by atoms with E-state index in [4.69, 9.17) is 26.7 Å². The van der Waals surface area contributed by atoms with E-state index in [1.54, 1.807) is 0 Å². The van der Waals surface area contributed by atoms with E-state index in [0.717, 1.165) is 161 Å². The van der Waals surface area contributed by atoms with Crippen molar-refractivity contribution in [2.75, 3.05) is 226 Å². The zero-order valence-electron chi connectivity index (χ0n) is 72.9. The predicted octanol–water partition coefficient (Wildman–Crippen LogP) is 12.9. The Balaban J connectivity index is 0.000000211. The van der Waals surface area contributed by atoms with Crippen LogP contribution >= 0.6 is 0 Å². The third-order valence-corrected chi connectivity index (χ3v) is 26.5. The van der Waals surface area contributed by atoms with Crippen molar-refractivity contribution in [3.63, 3.8) is 0 Å². The predicted molar refractivity (Wildman–Crippen MR) is 464 cm³/mol. The van der Waals surface area contributed by atoms with Crippen molar-refractivity contribution in [1.82, 2.24) is 65.8 Å². The molecule has 0 aromatic heterocycles. The van der Waals surface area contributed by atoms with Crippen LogP contribution in [0.5, 0.6) is 0 Å². The summed E-state index contributed by atoms with van der Waals surface area (Å²) in [6, 6.07) is 5.54. The first-order chi connectivity index (χ1) is 53.5. The van der Waals surface area contributed by atoms with Gasteiger partial charge in [-0.15, -0.1) is 0 Å². The molecule has 0 spiro atoms. The molecule has 110 heavy (non-hydrogen) atoms. The van der Waals surface area contributed by atoms with E-state index < -0.39 is 18.0 Å². The Labute approximate surface area is 676 Å². The van der Waals surface area contributed by atoms with Gasteiger partial charge in [-0.3, -0.25) is 0 Å². The Kier molecular flexibility index (Phi) is 58.9. The second-order valence-corrected chi connectivity index (χ2v) is 36.2. The second-order valence-electron chi connectivity index (χ2n) is 36.2. The molecule has 18 nitrogen and oxygen atoms in total. The number of hydrogen-bond donors (Lipinski definition) is 8. The lowest BCUT2D eigenvalue weighted by molar-refractivity contribution is -0.00569. The lowest BCUT2D eigenvalue weighted by Gasteiger charge is -2.50. The number of likely N-dealkylation sites (N-methyl/N-ethyl adjacent to an activating group) is 1. The summed E-state index contributed by atoms with van der Waals surface area (Å²) in [5.74, 6) is 1.11. The maximum atomic E-state index is 13.3. The van der Waals surface area contributed by atoms with E-state index in [2.05, 4.69) is 101 Å². The molecule has 19 heterocycles. The molecule has 23 aliphatic rings. The first-order valence-corrected chi connectivity index (χ1v) is 47.1. The van der Waals surface area contributed by atoms with Gasteiger partial charge in [-0.05, 0) is 358 Å². The summed E-state index contributed by atoms with van der Waals surface area (Å²) in [6.07, 6.45) is 56.1. The number of nitrogens with one attached hydrogen (secondary N) is 5. The van der Waals surface area contributed by atoms with E-state index in [1.165, 1.54) is 323 Å². The van der Waals surface area contributed by atoms with Gasteiger partial charge in [0.1, 0.15) is 18.0 Å². The van der Waals surface area contributed by atoms with Crippen LogP contribution in [0.25, 0.3) is 0 Å². The zero-order chi connectivity index (χ0) is 78.8. The highest BCUT2D eigenvalue weighted by molar-refractivity contribution is 4.95. The molecule has 4 aliphatic carbocycles. The molecule has 11 N–H and O–H groups in total. The van der Waals surface area contributed by atoms with E-state index in [9.17, 15) is 13.2 Å². The van der Waals surface area contributed by atoms with Gasteiger partial charge in [-0.25, -0.2) is 13.2 Å². The smallest absolute Gasteiger partial charge is 0.114 e. The number of morpholine rings is 2. The lowest BCUT2D eigenvalue weighted by Crippen LogP contribution is -2.56. The summed E-state index contributed by atoms with van der Waals surface area (Å²) in [7, 11) is 13.1. The summed E-state index contributed by atoms with van der Waals surface area (Å²) in [6.45, 7) is 31.4. The normalized spacial score (nSPS) is 31.6. The van der Waals surface area contributed by atoms with Crippen LogP contribution in [0.4, 0.5) is 13.2 Å². The van der Waals surface area contributed by atoms with Crippen molar-refractivity contribution >= 4 is 0 Å². The molecule has 0 aromatic carbocycles. The number of piperidine rings is 14. The maximum Gasteiger partial charge on any atom is 0.114 e. The average molecular weight is 1570 g/mol. The molecule has 4 atom stereocenters. The molecule has 21 heteroatoms. The average Bonchev–Trinajstić information content (AvgIpc) is 0.976. The minimum Gasteiger partial charge on any atom is -0.379 e. The molecule has 23 rings (SSSR count). The highest BCUT2D eigenvalue weighted by Crippen LogP contribution is 2.37. The molecule has 4 saturated carbocycles. The Hall–Kier alpha value is -0.930. The van der Waals surface area contributed by atoms with Crippen LogP contribution < -0.4 is 43.8 Å². The highest BCUT2D eigenvalue weighted by Gasteiger charge is 2.40. The molecule has 8 bridgehead atoms. The minimum atomic E-state index is -0.755. The van der Waals surface area contributed by atoms with Crippen LogP contribution in [-0.4, -0.2) is 325 Å². The Morgan fingerprint density at radius 3 is 0.773 bits per heavy atom. The molecule has 19 saturated heterocycles. The summed E-state index contributed by atoms with van der Waals surface area (Å²) in [4.78, 5) is 19.3. The van der Waals surface area contributed by atoms with Gasteiger partial charge in [0.15, 0.2) is 0 Å². The minimum absolute atomic E-state index is 0.522. The van der Waals surface area contributed by atoms with Gasteiger partial charge in [-0.1, -0.05) is 70.6 Å². The number of ether oxygens (including phenoxy) is 2. The molecule has 0 aromatic rings. The fourth-order valence-corrected chi connectivity index (χ4v) is 17.7. The largest absolute Gasteiger partial charge is 0.379 e. The SMILES string of the molecule is C1CCNC1.C1CCNCC1.C1CCNCC1.C1CN2CCC1CC2.C1COCCN1.CN1C2CCCC1C2.CN1C2CCCC1CC2.CN1CCC(F)CC1.CN1CCCCC1.CN1CCCCC1.CN1CCOCC1.FC12CCN(CC1)CC2.FC1CCNCC1.NC1CCC1.NC1CCCC1.NC1CCCC1. The van der Waals surface area contributed by atoms with E-state index in [0.29, 0.717) is 31.0 Å². The van der Waals surface area contributed by atoms with E-state index >= 15 is 0 Å². The molecule has 4 unspecified atom stereocenters. The second kappa shape index (κ2) is 65.0. The number of nitrogens with zero attached hydrogens (tertiary/aromatic N) is 8. The summed E-state index contributed by atoms with van der Waals surface area (Å²) in [5.41, 5.74) is 15.7. The topological polar surface area (TPSA) is 183 Å². The van der Waals surface area contributed by atoms with Gasteiger partial charge < -0.3 is 92.5 Å². The molecular formula is C89H183F3N16O2. The van der Waals surface area contributed by atoms with Crippen LogP contribution in [0.3, 0.4) is 0 Å². The third kappa shape index (κ3) is 50.7. The third-order valence-electron chi connectivity index (χ3n) is 26.5. The number of rotatable bonds is 0. The monoisotopic (exact) mass is 1570 g/mol. The van der Waals surface area contributed by atoms with Gasteiger partial charge >= 0.3 is 0 Å². The van der Waals surface area contributed by atoms with Gasteiger partial charge in [0.25, 0.3) is 0 Å². The number of alkyl halides is 3. The number of fused-ring (bicyclic) bond motifs is 10. The molecule has 0 amide bonds. The lowest BCUT2D eigenvalue weighted by atomic mass is 9.80. The highest BCUT2D eigenvalue weighted by atomic mass is 19.1. The Morgan fingerprint density at radius 1 is 0.273 bits per heavy atom. The number of nitrogens with two attached hydrogens (primary N) is 3. The standard InChI is InChI=1S/C8H15N.C7H12FN.2C7H13N.C6H12FN.2C6H13N.C5H10FN.C5H11NO.4C5H11N.C4H9NO.2C4H9N/c1-9-7-3-2-4-8(9)6-5-7;8-7-1-4-9(5-2-7)6-3-7;1-4-8-5-2-7(1)3-6-8;1-8-6-3-2-4-7(8)5-6;1-8-4-2-6(7)3-5-8;2*1-7-5-3-2-4-6-7;6-5-1-3-7-4-2-5;1-6-2-4-7-5-3-6;2*1-2-4-6-5-3-1;2*6-5-3-1-2-4-5;1-3-6-4-2-5-1;1-2-4-5-3-1;5-4-2-1-3-4/h7-8H,2-6H2,1H3;1-6H2;7H,1-6H2;6-7H,2-5H2,1H3;6H,2-5H2,1H3;2*2-6H2,1H3;5,7H,1-4H2;2-5H2,1H3;2*6H,1-5H2;2*5H,1-4,6H2;5H,1-4H2;5H,1-4H2;4H,1-3,5H2. The van der Waals surface area contributed by atoms with Crippen molar-refractivity contribution in [3.05, 3.63) is 0 Å². The molecular weight excluding hydrogens is 1380 g/mol. The Morgan fingerprint density at radius 2 is 0.582 bits per heavy atom. The van der Waals surface area contributed by atoms with Gasteiger partial charge in [0.05, 0.1) is 26.4 Å². The van der Waals surface area contributed by atoms with Gasteiger partial charge in [-0.2, -0.15) is 0 Å². The number of halogens is 3. The summed E-state index contributed by atoms with van der Waals surface area (Å²) in [5, 5.41) is 16.0. The summed E-state index contributed by atoms with van der Waals surface area (Å²) < 4.78 is 47.9. The fourth-order valence-electron chi connectivity index (χ4n) is 17.7. The van der Waals surface area contributed by atoms with Crippen LogP contribution in [-0.2, 0) is 9.47 Å². The summed E-state index contributed by atoms with van der Waals surface area (Å²) >= 11 is 0. The van der Waals surface area contributed by atoms with Crippen LogP contribution in [0.15, 0.2) is 0 Å². The van der Waals surface area contributed by atoms with Crippen LogP contribution in [0, 0.1) is 5.92 Å². The van der Waals surface area contributed by atoms with Gasteiger partial charge in [0, 0.05) is 101 Å². The van der Waals surface area contributed by atoms with Gasteiger partial charge in [0.2, 0.25) is 0 Å². The first kappa shape index (κ1) is 99.6. The Bertz CT molecular complexity index is 1760. The van der Waals surface area contributed by atoms with Crippen molar-refractivity contribution in [3.8, 4) is 0 Å².